The summed E-state index contributed by atoms with van der Waals surface area (Å²) < 4.78 is 28.8. The van der Waals surface area contributed by atoms with Gasteiger partial charge < -0.3 is 23.7 Å². The summed E-state index contributed by atoms with van der Waals surface area (Å²) in [6.45, 7) is 1.81. The van der Waals surface area contributed by atoms with E-state index in [4.69, 9.17) is 23.7 Å². The molecule has 0 amide bonds. The summed E-state index contributed by atoms with van der Waals surface area (Å²) in [5, 5.41) is 6.15. The second-order valence-corrected chi connectivity index (χ2v) is 10.6. The van der Waals surface area contributed by atoms with Gasteiger partial charge in [-0.1, -0.05) is 36.8 Å². The van der Waals surface area contributed by atoms with Gasteiger partial charge in [-0.05, 0) is 48.6 Å². The Labute approximate surface area is 232 Å². The van der Waals surface area contributed by atoms with E-state index in [1.807, 2.05) is 24.3 Å². The van der Waals surface area contributed by atoms with Crippen LogP contribution in [0.4, 0.5) is 0 Å². The standard InChI is InChI=1S/C30H32N2O8/c1-4-38-26(33)24-23(18-12-13-21(36-2)22(16-18)37-3)30(25-20-11-7-6-10-19(20)17-31-32(24)25)27(34)39-29(40-28(30)35)14-8-5-9-15-29/h6-7,10-13,16-17,23-25H,4-5,8-9,14-15H2,1-3H3/t23-,24-,25+/m0/s1. The molecule has 2 aromatic carbocycles. The number of hydrogen-bond donors (Lipinski definition) is 0. The number of carbonyl (C=O) groups excluding carboxylic acids is 3. The van der Waals surface area contributed by atoms with E-state index >= 15 is 0 Å². The summed E-state index contributed by atoms with van der Waals surface area (Å²) in [5.41, 5.74) is -0.0556. The van der Waals surface area contributed by atoms with Crippen LogP contribution in [0.25, 0.3) is 0 Å². The number of benzene rings is 2. The van der Waals surface area contributed by atoms with E-state index in [0.717, 1.165) is 24.8 Å². The van der Waals surface area contributed by atoms with Crippen molar-refractivity contribution in [2.24, 2.45) is 10.5 Å². The van der Waals surface area contributed by atoms with Crippen molar-refractivity contribution in [3.8, 4) is 11.5 Å². The van der Waals surface area contributed by atoms with Crippen molar-refractivity contribution >= 4 is 24.1 Å². The molecule has 0 N–H and O–H groups in total. The molecule has 0 unspecified atom stereocenters. The van der Waals surface area contributed by atoms with E-state index in [1.165, 1.54) is 19.2 Å². The summed E-state index contributed by atoms with van der Waals surface area (Å²) in [5.74, 6) is -3.59. The number of rotatable bonds is 5. The van der Waals surface area contributed by atoms with Gasteiger partial charge in [0.2, 0.25) is 5.41 Å². The Bertz CT molecular complexity index is 1360. The number of fused-ring (bicyclic) bond motifs is 4. The Hall–Kier alpha value is -4.08. The molecule has 0 radical (unpaired) electrons. The largest absolute Gasteiger partial charge is 0.493 e. The van der Waals surface area contributed by atoms with Crippen molar-refractivity contribution in [3.05, 3.63) is 59.2 Å². The monoisotopic (exact) mass is 548 g/mol. The minimum Gasteiger partial charge on any atom is -0.493 e. The van der Waals surface area contributed by atoms with Crippen LogP contribution >= 0.6 is 0 Å². The van der Waals surface area contributed by atoms with E-state index in [1.54, 1.807) is 31.3 Å². The van der Waals surface area contributed by atoms with E-state index in [2.05, 4.69) is 5.10 Å². The van der Waals surface area contributed by atoms with Crippen molar-refractivity contribution in [1.82, 2.24) is 5.01 Å². The molecule has 0 bridgehead atoms. The molecule has 3 aliphatic heterocycles. The molecule has 2 spiro atoms. The molecule has 3 heterocycles. The molecular weight excluding hydrogens is 516 g/mol. The van der Waals surface area contributed by atoms with Gasteiger partial charge in [0.25, 0.3) is 5.79 Å². The molecule has 10 nitrogen and oxygen atoms in total. The van der Waals surface area contributed by atoms with Gasteiger partial charge >= 0.3 is 17.9 Å². The highest BCUT2D eigenvalue weighted by Gasteiger charge is 2.76. The summed E-state index contributed by atoms with van der Waals surface area (Å²) in [7, 11) is 3.01. The van der Waals surface area contributed by atoms with Crippen molar-refractivity contribution in [3.63, 3.8) is 0 Å². The number of methoxy groups -OCH3 is 2. The predicted molar refractivity (Wildman–Crippen MR) is 142 cm³/mol. The lowest BCUT2D eigenvalue weighted by molar-refractivity contribution is -0.273. The van der Waals surface area contributed by atoms with Crippen LogP contribution in [0, 0.1) is 5.41 Å². The van der Waals surface area contributed by atoms with Crippen LogP contribution in [-0.2, 0) is 28.6 Å². The van der Waals surface area contributed by atoms with E-state index in [0.29, 0.717) is 35.5 Å². The Morgan fingerprint density at radius 1 is 1.00 bits per heavy atom. The zero-order chi connectivity index (χ0) is 28.1. The third kappa shape index (κ3) is 3.68. The number of hydrazone groups is 1. The molecule has 2 saturated heterocycles. The summed E-state index contributed by atoms with van der Waals surface area (Å²) in [4.78, 5) is 42.8. The van der Waals surface area contributed by atoms with Crippen LogP contribution in [0.1, 0.15) is 67.7 Å². The first-order valence-corrected chi connectivity index (χ1v) is 13.7. The van der Waals surface area contributed by atoms with Gasteiger partial charge in [-0.15, -0.1) is 0 Å². The summed E-state index contributed by atoms with van der Waals surface area (Å²) >= 11 is 0. The number of ether oxygens (including phenoxy) is 5. The average Bonchev–Trinajstić information content (AvgIpc) is 3.29. The fourth-order valence-corrected chi connectivity index (χ4v) is 6.82. The van der Waals surface area contributed by atoms with Crippen molar-refractivity contribution in [1.29, 1.82) is 0 Å². The number of nitrogens with zero attached hydrogens (tertiary/aromatic N) is 2. The zero-order valence-electron chi connectivity index (χ0n) is 22.8. The normalized spacial score (nSPS) is 25.6. The van der Waals surface area contributed by atoms with Crippen LogP contribution in [0.5, 0.6) is 11.5 Å². The highest BCUT2D eigenvalue weighted by molar-refractivity contribution is 6.06. The molecule has 40 heavy (non-hydrogen) atoms. The van der Waals surface area contributed by atoms with Gasteiger partial charge in [0.1, 0.15) is 6.04 Å². The Balaban J connectivity index is 1.61. The van der Waals surface area contributed by atoms with Crippen molar-refractivity contribution in [2.75, 3.05) is 20.8 Å². The Kier molecular flexibility index (Phi) is 6.43. The van der Waals surface area contributed by atoms with Crippen LogP contribution < -0.4 is 9.47 Å². The van der Waals surface area contributed by atoms with Gasteiger partial charge in [-0.3, -0.25) is 14.6 Å². The van der Waals surface area contributed by atoms with Gasteiger partial charge in [0.05, 0.1) is 27.0 Å². The lowest BCUT2D eigenvalue weighted by Gasteiger charge is -2.47. The van der Waals surface area contributed by atoms with Crippen LogP contribution in [0.2, 0.25) is 0 Å². The molecule has 1 aliphatic carbocycles. The van der Waals surface area contributed by atoms with Gasteiger partial charge in [0, 0.05) is 18.8 Å². The second-order valence-electron chi connectivity index (χ2n) is 10.6. The average molecular weight is 549 g/mol. The van der Waals surface area contributed by atoms with Crippen molar-refractivity contribution < 1.29 is 38.1 Å². The number of hydrogen-bond acceptors (Lipinski definition) is 10. The smallest absolute Gasteiger partial charge is 0.331 e. The molecule has 4 aliphatic rings. The first kappa shape index (κ1) is 26.2. The van der Waals surface area contributed by atoms with E-state index in [9.17, 15) is 14.4 Å². The SMILES string of the molecule is CCOC(=O)[C@@H]1[C@H](c2ccc(OC)c(OC)c2)C2(C(=O)OC3(CCCCC3)OC2=O)[C@H]2c3ccccc3C=NN12. The van der Waals surface area contributed by atoms with Crippen molar-refractivity contribution in [2.45, 2.75) is 62.8 Å². The minimum atomic E-state index is -1.95. The number of carbonyl (C=O) groups is 3. The van der Waals surface area contributed by atoms with Gasteiger partial charge in [-0.25, -0.2) is 4.79 Å². The molecule has 6 rings (SSSR count). The maximum Gasteiger partial charge on any atom is 0.331 e. The topological polar surface area (TPSA) is 113 Å². The maximum absolute atomic E-state index is 14.5. The molecular formula is C30H32N2O8. The van der Waals surface area contributed by atoms with E-state index < -0.39 is 47.1 Å². The van der Waals surface area contributed by atoms with Crippen LogP contribution in [-0.4, -0.2) is 61.8 Å². The highest BCUT2D eigenvalue weighted by Crippen LogP contribution is 2.63. The van der Waals surface area contributed by atoms with Crippen LogP contribution in [0.3, 0.4) is 0 Å². The van der Waals surface area contributed by atoms with Gasteiger partial charge in [0.15, 0.2) is 17.5 Å². The zero-order valence-corrected chi connectivity index (χ0v) is 22.8. The molecule has 1 saturated carbocycles. The van der Waals surface area contributed by atoms with E-state index in [-0.39, 0.29) is 6.61 Å². The lowest BCUT2D eigenvalue weighted by atomic mass is 9.65. The first-order valence-electron chi connectivity index (χ1n) is 13.7. The second kappa shape index (κ2) is 9.83. The summed E-state index contributed by atoms with van der Waals surface area (Å²) in [6, 6.07) is 10.4. The first-order chi connectivity index (χ1) is 19.4. The van der Waals surface area contributed by atoms with Crippen LogP contribution in [0.15, 0.2) is 47.6 Å². The fourth-order valence-electron chi connectivity index (χ4n) is 6.82. The number of esters is 3. The Morgan fingerprint density at radius 3 is 2.38 bits per heavy atom. The molecule has 210 valence electrons. The molecule has 0 aromatic heterocycles. The van der Waals surface area contributed by atoms with Gasteiger partial charge in [-0.2, -0.15) is 5.10 Å². The fraction of sp³-hybridized carbons (Fsp3) is 0.467. The Morgan fingerprint density at radius 2 is 1.70 bits per heavy atom. The third-order valence-electron chi connectivity index (χ3n) is 8.55. The predicted octanol–water partition coefficient (Wildman–Crippen LogP) is 3.87. The molecule has 2 aromatic rings. The lowest BCUT2D eigenvalue weighted by Crippen LogP contribution is -2.60. The molecule has 10 heteroatoms. The highest BCUT2D eigenvalue weighted by atomic mass is 16.7. The molecule has 3 atom stereocenters. The maximum atomic E-state index is 14.5. The molecule has 3 fully saturated rings. The third-order valence-corrected chi connectivity index (χ3v) is 8.55. The summed E-state index contributed by atoms with van der Waals surface area (Å²) in [6.07, 6.45) is 5.03. The quantitative estimate of drug-likeness (QED) is 0.406. The minimum absolute atomic E-state index is 0.109.